The molecule has 29 heavy (non-hydrogen) atoms. The minimum Gasteiger partial charge on any atom is -0.486 e. The zero-order valence-electron chi connectivity index (χ0n) is 17.0. The van der Waals surface area contributed by atoms with Crippen LogP contribution in [-0.4, -0.2) is 59.7 Å². The van der Waals surface area contributed by atoms with Gasteiger partial charge in [-0.1, -0.05) is 19.9 Å². The Labute approximate surface area is 171 Å². The first-order valence-corrected chi connectivity index (χ1v) is 10.2. The molecule has 4 rings (SSSR count). The summed E-state index contributed by atoms with van der Waals surface area (Å²) in [5, 5.41) is 2.97. The van der Waals surface area contributed by atoms with E-state index in [2.05, 4.69) is 35.1 Å². The first-order valence-electron chi connectivity index (χ1n) is 10.2. The molecule has 154 valence electrons. The number of urea groups is 1. The summed E-state index contributed by atoms with van der Waals surface area (Å²) >= 11 is 0. The second kappa shape index (κ2) is 8.69. The van der Waals surface area contributed by atoms with Gasteiger partial charge in [0.2, 0.25) is 0 Å². The van der Waals surface area contributed by atoms with Crippen LogP contribution in [0.15, 0.2) is 42.7 Å². The molecule has 2 aliphatic rings. The van der Waals surface area contributed by atoms with Crippen molar-refractivity contribution in [3.8, 4) is 11.5 Å². The van der Waals surface area contributed by atoms with Crippen LogP contribution in [0.4, 0.5) is 10.5 Å². The molecule has 1 saturated heterocycles. The number of amides is 2. The topological polar surface area (TPSA) is 66.9 Å². The number of ether oxygens (including phenoxy) is 2. The van der Waals surface area contributed by atoms with Crippen LogP contribution in [0.3, 0.4) is 0 Å². The molecule has 1 aromatic carbocycles. The second-order valence-corrected chi connectivity index (χ2v) is 8.03. The van der Waals surface area contributed by atoms with Crippen molar-refractivity contribution in [2.45, 2.75) is 26.4 Å². The number of carbonyl (C=O) groups excluding carboxylic acids is 1. The van der Waals surface area contributed by atoms with Crippen molar-refractivity contribution in [1.82, 2.24) is 14.8 Å². The number of hydrogen-bond acceptors (Lipinski definition) is 5. The van der Waals surface area contributed by atoms with Crippen molar-refractivity contribution in [3.63, 3.8) is 0 Å². The maximum absolute atomic E-state index is 12.6. The van der Waals surface area contributed by atoms with E-state index in [1.54, 1.807) is 6.20 Å². The molecule has 0 unspecified atom stereocenters. The van der Waals surface area contributed by atoms with Crippen LogP contribution in [0.1, 0.15) is 19.4 Å². The third-order valence-corrected chi connectivity index (χ3v) is 5.17. The Balaban J connectivity index is 1.33. The van der Waals surface area contributed by atoms with Gasteiger partial charge in [-0.2, -0.15) is 0 Å². The van der Waals surface area contributed by atoms with Crippen molar-refractivity contribution in [2.24, 2.45) is 5.92 Å². The van der Waals surface area contributed by atoms with Crippen LogP contribution in [0.5, 0.6) is 11.5 Å². The van der Waals surface area contributed by atoms with E-state index in [-0.39, 0.29) is 6.03 Å². The summed E-state index contributed by atoms with van der Waals surface area (Å²) in [4.78, 5) is 21.1. The third kappa shape index (κ3) is 4.79. The third-order valence-electron chi connectivity index (χ3n) is 5.17. The molecular weight excluding hydrogens is 368 g/mol. The van der Waals surface area contributed by atoms with Crippen LogP contribution in [0.25, 0.3) is 0 Å². The lowest BCUT2D eigenvalue weighted by molar-refractivity contribution is 0.0485. The Bertz CT molecular complexity index is 837. The van der Waals surface area contributed by atoms with Gasteiger partial charge in [-0.15, -0.1) is 0 Å². The fourth-order valence-corrected chi connectivity index (χ4v) is 3.71. The molecule has 2 amide bonds. The maximum Gasteiger partial charge on any atom is 0.321 e. The summed E-state index contributed by atoms with van der Waals surface area (Å²) in [5.41, 5.74) is 1.92. The first kappa shape index (κ1) is 19.5. The van der Waals surface area contributed by atoms with Gasteiger partial charge in [0.25, 0.3) is 0 Å². The molecule has 7 heteroatoms. The average molecular weight is 396 g/mol. The van der Waals surface area contributed by atoms with Gasteiger partial charge in [0.05, 0.1) is 0 Å². The molecule has 0 aliphatic carbocycles. The van der Waals surface area contributed by atoms with E-state index in [1.807, 2.05) is 35.4 Å². The van der Waals surface area contributed by atoms with E-state index < -0.39 is 0 Å². The standard InChI is InChI=1S/C22H28N4O3/c1-16(2)12-25(13-17-4-3-7-23-11-17)19-14-26(15-19)22(27)24-18-5-6-20-21(10-18)29-9-8-28-20/h3-7,10-11,16,19H,8-9,12-15H2,1-2H3,(H,24,27). The number of likely N-dealkylation sites (tertiary alicyclic amines) is 1. The molecule has 0 bridgehead atoms. The largest absolute Gasteiger partial charge is 0.486 e. The van der Waals surface area contributed by atoms with Crippen molar-refractivity contribution < 1.29 is 14.3 Å². The molecule has 0 atom stereocenters. The number of anilines is 1. The van der Waals surface area contributed by atoms with Gasteiger partial charge in [0, 0.05) is 56.4 Å². The zero-order valence-corrected chi connectivity index (χ0v) is 17.0. The monoisotopic (exact) mass is 396 g/mol. The Morgan fingerprint density at radius 2 is 2.03 bits per heavy atom. The van der Waals surface area contributed by atoms with Crippen LogP contribution < -0.4 is 14.8 Å². The van der Waals surface area contributed by atoms with E-state index in [4.69, 9.17) is 9.47 Å². The quantitative estimate of drug-likeness (QED) is 0.812. The number of rotatable bonds is 6. The van der Waals surface area contributed by atoms with Gasteiger partial charge in [-0.05, 0) is 29.7 Å². The highest BCUT2D eigenvalue weighted by molar-refractivity contribution is 5.90. The Kier molecular flexibility index (Phi) is 5.85. The molecular formula is C22H28N4O3. The summed E-state index contributed by atoms with van der Waals surface area (Å²) in [6.45, 7) is 8.83. The Hall–Kier alpha value is -2.80. The van der Waals surface area contributed by atoms with Gasteiger partial charge in [-0.25, -0.2) is 4.79 Å². The van der Waals surface area contributed by atoms with Crippen LogP contribution in [-0.2, 0) is 6.54 Å². The number of fused-ring (bicyclic) bond motifs is 1. The van der Waals surface area contributed by atoms with Gasteiger partial charge >= 0.3 is 6.03 Å². The Morgan fingerprint density at radius 3 is 2.76 bits per heavy atom. The number of carbonyl (C=O) groups is 1. The SMILES string of the molecule is CC(C)CN(Cc1cccnc1)C1CN(C(=O)Nc2ccc3c(c2)OCCO3)C1. The van der Waals surface area contributed by atoms with Gasteiger partial charge in [-0.3, -0.25) is 9.88 Å². The zero-order chi connectivity index (χ0) is 20.2. The van der Waals surface area contributed by atoms with Crippen molar-refractivity contribution in [2.75, 3.05) is 38.2 Å². The minimum atomic E-state index is -0.0798. The fraction of sp³-hybridized carbons (Fsp3) is 0.455. The first-order chi connectivity index (χ1) is 14.1. The molecule has 7 nitrogen and oxygen atoms in total. The predicted octanol–water partition coefficient (Wildman–Crippen LogP) is 3.23. The summed E-state index contributed by atoms with van der Waals surface area (Å²) < 4.78 is 11.1. The van der Waals surface area contributed by atoms with E-state index in [0.717, 1.165) is 37.6 Å². The molecule has 0 radical (unpaired) electrons. The Morgan fingerprint density at radius 1 is 1.24 bits per heavy atom. The lowest BCUT2D eigenvalue weighted by Crippen LogP contribution is -2.62. The highest BCUT2D eigenvalue weighted by Crippen LogP contribution is 2.32. The molecule has 3 heterocycles. The summed E-state index contributed by atoms with van der Waals surface area (Å²) in [5.74, 6) is 1.96. The van der Waals surface area contributed by atoms with Gasteiger partial charge in [0.15, 0.2) is 11.5 Å². The summed E-state index contributed by atoms with van der Waals surface area (Å²) in [6.07, 6.45) is 3.71. The predicted molar refractivity (Wildman–Crippen MR) is 111 cm³/mol. The molecule has 2 aliphatic heterocycles. The number of aromatic nitrogens is 1. The van der Waals surface area contributed by atoms with E-state index in [0.29, 0.717) is 30.9 Å². The maximum atomic E-state index is 12.6. The second-order valence-electron chi connectivity index (χ2n) is 8.03. The average Bonchev–Trinajstić information content (AvgIpc) is 2.67. The summed E-state index contributed by atoms with van der Waals surface area (Å²) in [6, 6.07) is 9.85. The van der Waals surface area contributed by atoms with Crippen molar-refractivity contribution >= 4 is 11.7 Å². The number of hydrogen-bond donors (Lipinski definition) is 1. The van der Waals surface area contributed by atoms with Crippen molar-refractivity contribution in [3.05, 3.63) is 48.3 Å². The van der Waals surface area contributed by atoms with E-state index in [1.165, 1.54) is 5.56 Å². The lowest BCUT2D eigenvalue weighted by atomic mass is 10.0. The molecule has 1 fully saturated rings. The van der Waals surface area contributed by atoms with Crippen LogP contribution in [0.2, 0.25) is 0 Å². The number of pyridine rings is 1. The summed E-state index contributed by atoms with van der Waals surface area (Å²) in [7, 11) is 0. The van der Waals surface area contributed by atoms with Crippen LogP contribution in [0, 0.1) is 5.92 Å². The molecule has 1 aromatic heterocycles. The van der Waals surface area contributed by atoms with Gasteiger partial charge < -0.3 is 19.7 Å². The normalized spacial score (nSPS) is 16.1. The fourth-order valence-electron chi connectivity index (χ4n) is 3.71. The minimum absolute atomic E-state index is 0.0798. The molecule has 0 saturated carbocycles. The number of nitrogens with one attached hydrogen (secondary N) is 1. The van der Waals surface area contributed by atoms with Gasteiger partial charge in [0.1, 0.15) is 13.2 Å². The number of nitrogens with zero attached hydrogens (tertiary/aromatic N) is 3. The smallest absolute Gasteiger partial charge is 0.321 e. The van der Waals surface area contributed by atoms with Crippen molar-refractivity contribution in [1.29, 1.82) is 0 Å². The molecule has 2 aromatic rings. The van der Waals surface area contributed by atoms with E-state index in [9.17, 15) is 4.79 Å². The van der Waals surface area contributed by atoms with Crippen LogP contribution >= 0.6 is 0 Å². The number of benzene rings is 1. The highest BCUT2D eigenvalue weighted by atomic mass is 16.6. The molecule has 1 N–H and O–H groups in total. The lowest BCUT2D eigenvalue weighted by Gasteiger charge is -2.45. The molecule has 0 spiro atoms. The highest BCUT2D eigenvalue weighted by Gasteiger charge is 2.35. The van der Waals surface area contributed by atoms with E-state index >= 15 is 0 Å².